The van der Waals surface area contributed by atoms with Gasteiger partial charge in [-0.05, 0) is 0 Å². The molecule has 2 aromatic rings. The second-order valence-electron chi connectivity index (χ2n) is 3.36. The van der Waals surface area contributed by atoms with E-state index in [4.69, 9.17) is 5.73 Å². The molecule has 98 valence electrons. The summed E-state index contributed by atoms with van der Waals surface area (Å²) in [5, 5.41) is 3.05. The largest absolute Gasteiger partial charge is 0.433 e. The SMILES string of the molecule is Nc1cc(C(F)(F)F)n2ncc(C(F)(F)F)c2n1. The predicted molar refractivity (Wildman–Crippen MR) is 47.4 cm³/mol. The van der Waals surface area contributed by atoms with Gasteiger partial charge in [0.05, 0.1) is 6.20 Å². The van der Waals surface area contributed by atoms with Crippen LogP contribution in [0.15, 0.2) is 12.3 Å². The van der Waals surface area contributed by atoms with Crippen molar-refractivity contribution in [2.75, 3.05) is 5.73 Å². The van der Waals surface area contributed by atoms with E-state index in [1.54, 1.807) is 0 Å². The van der Waals surface area contributed by atoms with Gasteiger partial charge in [0.1, 0.15) is 11.4 Å². The molecular weight excluding hydrogens is 266 g/mol. The molecule has 10 heteroatoms. The number of alkyl halides is 6. The van der Waals surface area contributed by atoms with Crippen molar-refractivity contribution < 1.29 is 26.3 Å². The Labute approximate surface area is 95.0 Å². The summed E-state index contributed by atoms with van der Waals surface area (Å²) in [4.78, 5) is 3.23. The lowest BCUT2D eigenvalue weighted by atomic mass is 10.3. The van der Waals surface area contributed by atoms with Crippen molar-refractivity contribution in [2.24, 2.45) is 0 Å². The van der Waals surface area contributed by atoms with Crippen molar-refractivity contribution in [1.82, 2.24) is 14.6 Å². The summed E-state index contributed by atoms with van der Waals surface area (Å²) in [6.45, 7) is 0. The van der Waals surface area contributed by atoms with E-state index in [-0.39, 0.29) is 10.7 Å². The third-order valence-corrected chi connectivity index (χ3v) is 2.09. The van der Waals surface area contributed by atoms with Crippen LogP contribution in [-0.4, -0.2) is 14.6 Å². The quantitative estimate of drug-likeness (QED) is 0.747. The lowest BCUT2D eigenvalue weighted by molar-refractivity contribution is -0.143. The summed E-state index contributed by atoms with van der Waals surface area (Å²) in [7, 11) is 0. The van der Waals surface area contributed by atoms with Crippen LogP contribution < -0.4 is 5.73 Å². The van der Waals surface area contributed by atoms with Crippen LogP contribution in [0.1, 0.15) is 11.3 Å². The van der Waals surface area contributed by atoms with E-state index >= 15 is 0 Å². The smallest absolute Gasteiger partial charge is 0.384 e. The number of nitrogen functional groups attached to an aromatic ring is 1. The average Bonchev–Trinajstić information content (AvgIpc) is 2.57. The van der Waals surface area contributed by atoms with Gasteiger partial charge in [-0.2, -0.15) is 31.4 Å². The fourth-order valence-electron chi connectivity index (χ4n) is 1.38. The van der Waals surface area contributed by atoms with E-state index in [1.807, 2.05) is 0 Å². The van der Waals surface area contributed by atoms with Crippen LogP contribution in [0.2, 0.25) is 0 Å². The zero-order valence-electron chi connectivity index (χ0n) is 8.34. The first-order valence-electron chi connectivity index (χ1n) is 4.39. The highest BCUT2D eigenvalue weighted by atomic mass is 19.4. The molecule has 0 aliphatic carbocycles. The van der Waals surface area contributed by atoms with Crippen molar-refractivity contribution in [1.29, 1.82) is 0 Å². The number of hydrogen-bond donors (Lipinski definition) is 1. The van der Waals surface area contributed by atoms with Gasteiger partial charge in [-0.1, -0.05) is 0 Å². The van der Waals surface area contributed by atoms with Crippen molar-refractivity contribution in [3.63, 3.8) is 0 Å². The molecular formula is C8H4F6N4. The standard InChI is InChI=1S/C8H4F6N4/c9-7(10,11)3-2-16-18-4(8(12,13)14)1-5(15)17-6(3)18/h1-2H,(H2,15,17). The van der Waals surface area contributed by atoms with E-state index < -0.39 is 35.1 Å². The van der Waals surface area contributed by atoms with Crippen LogP contribution in [0.4, 0.5) is 32.2 Å². The third-order valence-electron chi connectivity index (χ3n) is 2.09. The minimum Gasteiger partial charge on any atom is -0.384 e. The fourth-order valence-corrected chi connectivity index (χ4v) is 1.38. The molecule has 0 aliphatic rings. The Morgan fingerprint density at radius 3 is 2.17 bits per heavy atom. The van der Waals surface area contributed by atoms with Crippen molar-refractivity contribution in [2.45, 2.75) is 12.4 Å². The van der Waals surface area contributed by atoms with E-state index in [0.29, 0.717) is 6.07 Å². The molecule has 18 heavy (non-hydrogen) atoms. The first-order valence-corrected chi connectivity index (χ1v) is 4.39. The molecule has 2 heterocycles. The maximum Gasteiger partial charge on any atom is 0.433 e. The molecule has 0 atom stereocenters. The summed E-state index contributed by atoms with van der Waals surface area (Å²) in [6.07, 6.45) is -9.47. The van der Waals surface area contributed by atoms with Gasteiger partial charge in [-0.15, -0.1) is 0 Å². The van der Waals surface area contributed by atoms with E-state index in [2.05, 4.69) is 10.1 Å². The number of fused-ring (bicyclic) bond motifs is 1. The molecule has 0 unspecified atom stereocenters. The number of halogens is 6. The minimum atomic E-state index is -4.88. The summed E-state index contributed by atoms with van der Waals surface area (Å²) in [5.41, 5.74) is 1.31. The normalized spacial score (nSPS) is 13.2. The summed E-state index contributed by atoms with van der Waals surface area (Å²) in [5.74, 6) is -0.666. The number of nitrogens with zero attached hydrogens (tertiary/aromatic N) is 3. The van der Waals surface area contributed by atoms with Gasteiger partial charge >= 0.3 is 12.4 Å². The first-order chi connectivity index (χ1) is 8.10. The summed E-state index contributed by atoms with van der Waals surface area (Å²) < 4.78 is 75.3. The van der Waals surface area contributed by atoms with Crippen LogP contribution in [0, 0.1) is 0 Å². The molecule has 0 amide bonds. The minimum absolute atomic E-state index is 0.0686. The molecule has 2 rings (SSSR count). The van der Waals surface area contributed by atoms with E-state index in [1.165, 1.54) is 0 Å². The van der Waals surface area contributed by atoms with Crippen LogP contribution in [0.25, 0.3) is 5.65 Å². The molecule has 0 bridgehead atoms. The first kappa shape index (κ1) is 12.5. The highest BCUT2D eigenvalue weighted by molar-refractivity contribution is 5.53. The van der Waals surface area contributed by atoms with Gasteiger partial charge in [0.25, 0.3) is 0 Å². The highest BCUT2D eigenvalue weighted by Crippen LogP contribution is 2.35. The maximum atomic E-state index is 12.6. The lowest BCUT2D eigenvalue weighted by Gasteiger charge is -2.10. The van der Waals surface area contributed by atoms with Gasteiger partial charge in [0.15, 0.2) is 11.3 Å². The second kappa shape index (κ2) is 3.50. The molecule has 2 aromatic heterocycles. The molecule has 0 saturated carbocycles. The van der Waals surface area contributed by atoms with Crippen molar-refractivity contribution in [3.05, 3.63) is 23.5 Å². The Morgan fingerprint density at radius 1 is 1.06 bits per heavy atom. The van der Waals surface area contributed by atoms with E-state index in [9.17, 15) is 26.3 Å². The van der Waals surface area contributed by atoms with Gasteiger partial charge < -0.3 is 5.73 Å². The fraction of sp³-hybridized carbons (Fsp3) is 0.250. The number of anilines is 1. The number of rotatable bonds is 0. The third kappa shape index (κ3) is 1.93. The van der Waals surface area contributed by atoms with Crippen molar-refractivity contribution in [3.8, 4) is 0 Å². The average molecular weight is 270 g/mol. The lowest BCUT2D eigenvalue weighted by Crippen LogP contribution is -2.15. The molecule has 4 nitrogen and oxygen atoms in total. The number of nitrogens with two attached hydrogens (primary N) is 1. The Hall–Kier alpha value is -2.00. The Morgan fingerprint density at radius 2 is 1.67 bits per heavy atom. The Bertz CT molecular complexity index is 596. The van der Waals surface area contributed by atoms with Gasteiger partial charge in [-0.3, -0.25) is 0 Å². The monoisotopic (exact) mass is 270 g/mol. The Balaban J connectivity index is 2.82. The summed E-state index contributed by atoms with van der Waals surface area (Å²) >= 11 is 0. The Kier molecular flexibility index (Phi) is 2.42. The van der Waals surface area contributed by atoms with Crippen LogP contribution in [0.3, 0.4) is 0 Å². The highest BCUT2D eigenvalue weighted by Gasteiger charge is 2.39. The molecule has 0 radical (unpaired) electrons. The molecule has 0 spiro atoms. The van der Waals surface area contributed by atoms with Crippen LogP contribution in [0.5, 0.6) is 0 Å². The molecule has 0 fully saturated rings. The second-order valence-corrected chi connectivity index (χ2v) is 3.36. The maximum absolute atomic E-state index is 12.6. The topological polar surface area (TPSA) is 56.2 Å². The predicted octanol–water partition coefficient (Wildman–Crippen LogP) is 2.35. The van der Waals surface area contributed by atoms with Crippen molar-refractivity contribution >= 4 is 11.5 Å². The number of hydrogen-bond acceptors (Lipinski definition) is 3. The summed E-state index contributed by atoms with van der Waals surface area (Å²) in [6, 6.07) is 0.417. The number of aromatic nitrogens is 3. The van der Waals surface area contributed by atoms with Gasteiger partial charge in [0, 0.05) is 6.07 Å². The molecule has 2 N–H and O–H groups in total. The van der Waals surface area contributed by atoms with Crippen LogP contribution >= 0.6 is 0 Å². The van der Waals surface area contributed by atoms with Gasteiger partial charge in [-0.25, -0.2) is 9.50 Å². The molecule has 0 aliphatic heterocycles. The van der Waals surface area contributed by atoms with Crippen LogP contribution in [-0.2, 0) is 12.4 Å². The van der Waals surface area contributed by atoms with Gasteiger partial charge in [0.2, 0.25) is 0 Å². The zero-order valence-corrected chi connectivity index (χ0v) is 8.34. The molecule has 0 saturated heterocycles. The van der Waals surface area contributed by atoms with E-state index in [0.717, 1.165) is 0 Å². The zero-order chi connectivity index (χ0) is 13.7. The molecule has 0 aromatic carbocycles.